The van der Waals surface area contributed by atoms with Crippen LogP contribution >= 0.6 is 0 Å². The highest BCUT2D eigenvalue weighted by atomic mass is 16.5. The third-order valence-corrected chi connectivity index (χ3v) is 4.21. The van der Waals surface area contributed by atoms with Crippen molar-refractivity contribution in [2.24, 2.45) is 0 Å². The SMILES string of the molecule is Cc1ccc(COc2cccc(C=C(NC(=O)c3ccccc3)C(=O)O)c2)cc1. The Labute approximate surface area is 169 Å². The molecule has 0 aliphatic rings. The molecule has 3 rings (SSSR count). The first-order chi connectivity index (χ1) is 14.0. The number of carboxylic acids is 1. The van der Waals surface area contributed by atoms with Gasteiger partial charge in [-0.25, -0.2) is 4.79 Å². The van der Waals surface area contributed by atoms with E-state index in [9.17, 15) is 14.7 Å². The minimum Gasteiger partial charge on any atom is -0.489 e. The summed E-state index contributed by atoms with van der Waals surface area (Å²) in [7, 11) is 0. The molecule has 0 radical (unpaired) electrons. The van der Waals surface area contributed by atoms with Crippen LogP contribution in [0.2, 0.25) is 0 Å². The molecule has 0 aliphatic heterocycles. The highest BCUT2D eigenvalue weighted by Crippen LogP contribution is 2.17. The highest BCUT2D eigenvalue weighted by Gasteiger charge is 2.13. The molecule has 0 fully saturated rings. The van der Waals surface area contributed by atoms with Crippen LogP contribution < -0.4 is 10.1 Å². The number of amides is 1. The van der Waals surface area contributed by atoms with Crippen LogP contribution in [0.3, 0.4) is 0 Å². The Morgan fingerprint density at radius 3 is 2.38 bits per heavy atom. The molecular formula is C24H21NO4. The van der Waals surface area contributed by atoms with Crippen LogP contribution in [0.1, 0.15) is 27.0 Å². The molecule has 0 bridgehead atoms. The Kier molecular flexibility index (Phi) is 6.43. The van der Waals surface area contributed by atoms with Crippen molar-refractivity contribution >= 4 is 18.0 Å². The van der Waals surface area contributed by atoms with Gasteiger partial charge in [0, 0.05) is 5.56 Å². The third kappa shape index (κ3) is 5.81. The molecule has 0 unspecified atom stereocenters. The molecule has 2 N–H and O–H groups in total. The summed E-state index contributed by atoms with van der Waals surface area (Å²) in [5.41, 5.74) is 3.00. The number of benzene rings is 3. The summed E-state index contributed by atoms with van der Waals surface area (Å²) in [6, 6.07) is 23.5. The summed E-state index contributed by atoms with van der Waals surface area (Å²) in [5, 5.41) is 11.9. The highest BCUT2D eigenvalue weighted by molar-refractivity contribution is 6.02. The number of aliphatic carboxylic acids is 1. The molecule has 0 atom stereocenters. The smallest absolute Gasteiger partial charge is 0.352 e. The van der Waals surface area contributed by atoms with Crippen LogP contribution in [0.5, 0.6) is 5.75 Å². The number of rotatable bonds is 7. The van der Waals surface area contributed by atoms with E-state index in [2.05, 4.69) is 5.32 Å². The third-order valence-electron chi connectivity index (χ3n) is 4.21. The minimum atomic E-state index is -1.22. The number of carbonyl (C=O) groups excluding carboxylic acids is 1. The topological polar surface area (TPSA) is 75.6 Å². The van der Waals surface area contributed by atoms with Gasteiger partial charge < -0.3 is 15.2 Å². The van der Waals surface area contributed by atoms with E-state index in [0.717, 1.165) is 5.56 Å². The summed E-state index contributed by atoms with van der Waals surface area (Å²) in [6.07, 6.45) is 1.40. The van der Waals surface area contributed by atoms with Crippen molar-refractivity contribution in [3.05, 3.63) is 107 Å². The van der Waals surface area contributed by atoms with Crippen LogP contribution in [0.4, 0.5) is 0 Å². The Bertz CT molecular complexity index is 1020. The Balaban J connectivity index is 1.72. The van der Waals surface area contributed by atoms with E-state index in [-0.39, 0.29) is 5.70 Å². The summed E-state index contributed by atoms with van der Waals surface area (Å²) in [5.74, 6) is -1.09. The maximum Gasteiger partial charge on any atom is 0.352 e. The van der Waals surface area contributed by atoms with Gasteiger partial charge >= 0.3 is 5.97 Å². The normalized spacial score (nSPS) is 11.0. The number of ether oxygens (including phenoxy) is 1. The molecule has 0 heterocycles. The lowest BCUT2D eigenvalue weighted by molar-refractivity contribution is -0.132. The van der Waals surface area contributed by atoms with E-state index in [1.807, 2.05) is 31.2 Å². The molecule has 5 heteroatoms. The van der Waals surface area contributed by atoms with Crippen molar-refractivity contribution in [2.45, 2.75) is 13.5 Å². The molecule has 3 aromatic carbocycles. The molecule has 0 saturated carbocycles. The van der Waals surface area contributed by atoms with E-state index in [1.165, 1.54) is 11.6 Å². The molecule has 29 heavy (non-hydrogen) atoms. The number of aryl methyl sites for hydroxylation is 1. The van der Waals surface area contributed by atoms with E-state index in [0.29, 0.717) is 23.5 Å². The van der Waals surface area contributed by atoms with Crippen molar-refractivity contribution in [1.29, 1.82) is 0 Å². The average Bonchev–Trinajstić information content (AvgIpc) is 2.73. The summed E-state index contributed by atoms with van der Waals surface area (Å²) >= 11 is 0. The maximum absolute atomic E-state index is 12.3. The number of nitrogens with one attached hydrogen (secondary N) is 1. The molecule has 0 aliphatic carbocycles. The molecular weight excluding hydrogens is 366 g/mol. The van der Waals surface area contributed by atoms with Gasteiger partial charge in [-0.3, -0.25) is 4.79 Å². The molecule has 146 valence electrons. The zero-order valence-corrected chi connectivity index (χ0v) is 16.0. The van der Waals surface area contributed by atoms with Crippen LogP contribution in [-0.2, 0) is 11.4 Å². The first-order valence-electron chi connectivity index (χ1n) is 9.11. The lowest BCUT2D eigenvalue weighted by Crippen LogP contribution is -2.27. The maximum atomic E-state index is 12.3. The van der Waals surface area contributed by atoms with E-state index < -0.39 is 11.9 Å². The second-order valence-electron chi connectivity index (χ2n) is 6.53. The monoisotopic (exact) mass is 387 g/mol. The first kappa shape index (κ1) is 19.9. The van der Waals surface area contributed by atoms with Gasteiger partial charge in [-0.15, -0.1) is 0 Å². The zero-order valence-electron chi connectivity index (χ0n) is 16.0. The van der Waals surface area contributed by atoms with Crippen molar-refractivity contribution < 1.29 is 19.4 Å². The lowest BCUT2D eigenvalue weighted by Gasteiger charge is -2.09. The zero-order chi connectivity index (χ0) is 20.6. The Morgan fingerprint density at radius 2 is 1.69 bits per heavy atom. The number of carbonyl (C=O) groups is 2. The van der Waals surface area contributed by atoms with Gasteiger partial charge in [-0.1, -0.05) is 60.2 Å². The summed E-state index contributed by atoms with van der Waals surface area (Å²) in [4.78, 5) is 23.8. The van der Waals surface area contributed by atoms with Gasteiger partial charge in [0.1, 0.15) is 18.1 Å². The van der Waals surface area contributed by atoms with Crippen LogP contribution in [0, 0.1) is 6.92 Å². The fourth-order valence-electron chi connectivity index (χ4n) is 2.65. The predicted octanol–water partition coefficient (Wildman–Crippen LogP) is 4.43. The Morgan fingerprint density at radius 1 is 0.966 bits per heavy atom. The molecule has 3 aromatic rings. The van der Waals surface area contributed by atoms with Gasteiger partial charge in [-0.2, -0.15) is 0 Å². The van der Waals surface area contributed by atoms with Crippen molar-refractivity contribution in [3.63, 3.8) is 0 Å². The van der Waals surface area contributed by atoms with E-state index in [4.69, 9.17) is 4.74 Å². The molecule has 0 aromatic heterocycles. The lowest BCUT2D eigenvalue weighted by atomic mass is 10.1. The van der Waals surface area contributed by atoms with Crippen molar-refractivity contribution in [2.75, 3.05) is 0 Å². The second kappa shape index (κ2) is 9.37. The van der Waals surface area contributed by atoms with Gasteiger partial charge in [0.05, 0.1) is 0 Å². The number of hydrogen-bond donors (Lipinski definition) is 2. The van der Waals surface area contributed by atoms with Crippen LogP contribution in [-0.4, -0.2) is 17.0 Å². The minimum absolute atomic E-state index is 0.213. The average molecular weight is 387 g/mol. The van der Waals surface area contributed by atoms with Gasteiger partial charge in [0.2, 0.25) is 0 Å². The Hall–Kier alpha value is -3.86. The standard InChI is InChI=1S/C24H21NO4/c1-17-10-12-18(13-11-17)16-29-21-9-5-6-19(14-21)15-22(24(27)28)25-23(26)20-7-3-2-4-8-20/h2-15H,16H2,1H3,(H,25,26)(H,27,28). The predicted molar refractivity (Wildman–Crippen MR) is 111 cm³/mol. The largest absolute Gasteiger partial charge is 0.489 e. The quantitative estimate of drug-likeness (QED) is 0.588. The van der Waals surface area contributed by atoms with Gasteiger partial charge in [-0.05, 0) is 48.4 Å². The number of carboxylic acid groups (broad SMARTS) is 1. The summed E-state index contributed by atoms with van der Waals surface area (Å²) < 4.78 is 5.80. The number of hydrogen-bond acceptors (Lipinski definition) is 3. The molecule has 0 saturated heterocycles. The fraction of sp³-hybridized carbons (Fsp3) is 0.0833. The molecule has 0 spiro atoms. The molecule has 5 nitrogen and oxygen atoms in total. The molecule has 1 amide bonds. The summed E-state index contributed by atoms with van der Waals surface area (Å²) in [6.45, 7) is 2.43. The van der Waals surface area contributed by atoms with E-state index in [1.54, 1.807) is 54.6 Å². The first-order valence-corrected chi connectivity index (χ1v) is 9.11. The van der Waals surface area contributed by atoms with E-state index >= 15 is 0 Å². The van der Waals surface area contributed by atoms with Crippen molar-refractivity contribution in [1.82, 2.24) is 5.32 Å². The van der Waals surface area contributed by atoms with Crippen LogP contribution in [0.15, 0.2) is 84.6 Å². The second-order valence-corrected chi connectivity index (χ2v) is 6.53. The fourth-order valence-corrected chi connectivity index (χ4v) is 2.65. The van der Waals surface area contributed by atoms with Gasteiger partial charge in [0.25, 0.3) is 5.91 Å². The van der Waals surface area contributed by atoms with Crippen molar-refractivity contribution in [3.8, 4) is 5.75 Å². The van der Waals surface area contributed by atoms with Crippen LogP contribution in [0.25, 0.3) is 6.08 Å². The van der Waals surface area contributed by atoms with Gasteiger partial charge in [0.15, 0.2) is 0 Å².